The highest BCUT2D eigenvalue weighted by atomic mass is 32.2. The Hall–Kier alpha value is -2.94. The van der Waals surface area contributed by atoms with Crippen molar-refractivity contribution in [1.82, 2.24) is 0 Å². The predicted molar refractivity (Wildman–Crippen MR) is 145 cm³/mol. The highest BCUT2D eigenvalue weighted by Gasteiger charge is 2.26. The van der Waals surface area contributed by atoms with Crippen LogP contribution in [0.4, 0.5) is 11.4 Å². The van der Waals surface area contributed by atoms with Gasteiger partial charge in [0.15, 0.2) is 0 Å². The summed E-state index contributed by atoms with van der Waals surface area (Å²) >= 11 is 0. The molecule has 38 heavy (non-hydrogen) atoms. The van der Waals surface area contributed by atoms with E-state index >= 15 is 0 Å². The van der Waals surface area contributed by atoms with Crippen LogP contribution >= 0.6 is 0 Å². The van der Waals surface area contributed by atoms with Gasteiger partial charge in [0.2, 0.25) is 0 Å². The summed E-state index contributed by atoms with van der Waals surface area (Å²) in [4.78, 5) is 21.4. The second kappa shape index (κ2) is 15.5. The first-order chi connectivity index (χ1) is 17.6. The molecule has 0 radical (unpaired) electrons. The van der Waals surface area contributed by atoms with Gasteiger partial charge in [-0.2, -0.15) is 16.8 Å². The topological polar surface area (TPSA) is 173 Å². The fourth-order valence-corrected chi connectivity index (χ4v) is 4.57. The first-order valence-electron chi connectivity index (χ1n) is 11.8. The summed E-state index contributed by atoms with van der Waals surface area (Å²) in [6, 6.07) is 8.21. The van der Waals surface area contributed by atoms with Crippen LogP contribution in [0.2, 0.25) is 0 Å². The minimum Gasteiger partial charge on any atom is -0.262 e. The van der Waals surface area contributed by atoms with Crippen molar-refractivity contribution < 1.29 is 35.0 Å². The number of nitro groups is 2. The van der Waals surface area contributed by atoms with E-state index in [1.54, 1.807) is 0 Å². The van der Waals surface area contributed by atoms with Gasteiger partial charge in [-0.1, -0.05) is 52.0 Å². The van der Waals surface area contributed by atoms with Crippen LogP contribution in [0.25, 0.3) is 0 Å². The molecule has 2 aromatic rings. The normalized spacial score (nSPS) is 12.7. The van der Waals surface area contributed by atoms with E-state index < -0.39 is 42.3 Å². The van der Waals surface area contributed by atoms with Crippen molar-refractivity contribution in [3.05, 3.63) is 78.9 Å². The van der Waals surface area contributed by atoms with E-state index in [0.717, 1.165) is 12.5 Å². The zero-order valence-electron chi connectivity index (χ0n) is 22.8. The number of nitrogens with zero attached hydrogens (tertiary/aromatic N) is 2. The summed E-state index contributed by atoms with van der Waals surface area (Å²) in [5.41, 5.74) is 0.621. The minimum absolute atomic E-state index is 0.130. The molecule has 12 nitrogen and oxygen atoms in total. The molecule has 0 N–H and O–H groups in total. The molecule has 0 heterocycles. The summed E-state index contributed by atoms with van der Waals surface area (Å²) in [5.74, 6) is 0. The maximum atomic E-state index is 11.8. The van der Waals surface area contributed by atoms with Gasteiger partial charge in [-0.3, -0.25) is 28.6 Å². The van der Waals surface area contributed by atoms with Crippen LogP contribution in [-0.4, -0.2) is 39.2 Å². The zero-order chi connectivity index (χ0) is 29.8. The van der Waals surface area contributed by atoms with Crippen molar-refractivity contribution in [3.8, 4) is 0 Å². The Morgan fingerprint density at radius 3 is 1.21 bits per heavy atom. The standard InChI is InChI=1S/C20H24N2O10S2.2C2H6/c1-13-5-7-15(11-17(13)21(23)24)19(31-33(3,27)28)9-10-20(32-34(4,29)30)16-8-6-14(2)18(12-16)22(25)26;2*1-2/h5-8,11-12,19-20H,9-10H2,1-4H3;2*1-2H3. The molecule has 0 amide bonds. The Balaban J connectivity index is 0.00000326. The number of hydrogen-bond acceptors (Lipinski definition) is 10. The maximum absolute atomic E-state index is 11.8. The van der Waals surface area contributed by atoms with E-state index in [2.05, 4.69) is 0 Å². The third-order valence-electron chi connectivity index (χ3n) is 4.88. The second-order valence-electron chi connectivity index (χ2n) is 7.76. The lowest BCUT2D eigenvalue weighted by atomic mass is 9.97. The number of nitro benzene ring substituents is 2. The van der Waals surface area contributed by atoms with Gasteiger partial charge < -0.3 is 0 Å². The summed E-state index contributed by atoms with van der Waals surface area (Å²) < 4.78 is 57.6. The van der Waals surface area contributed by atoms with Gasteiger partial charge in [0.05, 0.1) is 22.4 Å². The summed E-state index contributed by atoms with van der Waals surface area (Å²) in [6.07, 6.45) is -1.02. The first kappa shape index (κ1) is 35.1. The molecule has 14 heteroatoms. The molecule has 0 saturated heterocycles. The second-order valence-corrected chi connectivity index (χ2v) is 11.0. The Labute approximate surface area is 224 Å². The fourth-order valence-electron chi connectivity index (χ4n) is 3.31. The molecule has 0 aliphatic rings. The van der Waals surface area contributed by atoms with E-state index in [-0.39, 0.29) is 35.3 Å². The van der Waals surface area contributed by atoms with Gasteiger partial charge in [0.1, 0.15) is 12.2 Å². The van der Waals surface area contributed by atoms with Gasteiger partial charge in [-0.15, -0.1) is 0 Å². The molecule has 0 spiro atoms. The van der Waals surface area contributed by atoms with Crippen molar-refractivity contribution in [3.63, 3.8) is 0 Å². The Bertz CT molecular complexity index is 1210. The molecule has 0 aromatic heterocycles. The van der Waals surface area contributed by atoms with Crippen LogP contribution in [0.1, 0.15) is 75.0 Å². The van der Waals surface area contributed by atoms with Gasteiger partial charge in [-0.25, -0.2) is 0 Å². The molecule has 0 saturated carbocycles. The van der Waals surface area contributed by atoms with Gasteiger partial charge in [0.25, 0.3) is 31.6 Å². The molecular formula is C24H36N2O10S2. The van der Waals surface area contributed by atoms with Crippen molar-refractivity contribution in [2.45, 2.75) is 66.6 Å². The van der Waals surface area contributed by atoms with Gasteiger partial charge in [0, 0.05) is 23.3 Å². The van der Waals surface area contributed by atoms with E-state index in [1.165, 1.54) is 50.2 Å². The van der Waals surface area contributed by atoms with E-state index in [9.17, 15) is 37.1 Å². The fraction of sp³-hybridized carbons (Fsp3) is 0.500. The van der Waals surface area contributed by atoms with Crippen LogP contribution in [0.5, 0.6) is 0 Å². The average Bonchev–Trinajstić information content (AvgIpc) is 2.82. The largest absolute Gasteiger partial charge is 0.272 e. The average molecular weight is 577 g/mol. The minimum atomic E-state index is -4.00. The van der Waals surface area contributed by atoms with Crippen LogP contribution in [0.15, 0.2) is 36.4 Å². The van der Waals surface area contributed by atoms with Gasteiger partial charge in [-0.05, 0) is 37.8 Å². The number of aryl methyl sites for hydroxylation is 2. The molecule has 2 unspecified atom stereocenters. The third kappa shape index (κ3) is 11.6. The SMILES string of the molecule is CC.CC.Cc1ccc(C(CCC(OS(C)(=O)=O)c2ccc(C)c([N+](=O)[O-])c2)OS(C)(=O)=O)cc1[N+](=O)[O-]. The molecule has 0 fully saturated rings. The highest BCUT2D eigenvalue weighted by Crippen LogP contribution is 2.35. The Kier molecular flexibility index (Phi) is 14.3. The lowest BCUT2D eigenvalue weighted by Gasteiger charge is -2.21. The van der Waals surface area contributed by atoms with Crippen molar-refractivity contribution >= 4 is 31.6 Å². The van der Waals surface area contributed by atoms with Crippen LogP contribution < -0.4 is 0 Å². The summed E-state index contributed by atoms with van der Waals surface area (Å²) in [6.45, 7) is 11.0. The number of hydrogen-bond donors (Lipinski definition) is 0. The quantitative estimate of drug-likeness (QED) is 0.184. The Morgan fingerprint density at radius 1 is 0.684 bits per heavy atom. The summed E-state index contributed by atoms with van der Waals surface area (Å²) in [7, 11) is -8.01. The Morgan fingerprint density at radius 2 is 0.974 bits per heavy atom. The van der Waals surface area contributed by atoms with E-state index in [0.29, 0.717) is 11.1 Å². The number of rotatable bonds is 11. The predicted octanol–water partition coefficient (Wildman–Crippen LogP) is 5.69. The van der Waals surface area contributed by atoms with Gasteiger partial charge >= 0.3 is 0 Å². The van der Waals surface area contributed by atoms with Crippen molar-refractivity contribution in [1.29, 1.82) is 0 Å². The van der Waals surface area contributed by atoms with Crippen molar-refractivity contribution in [2.75, 3.05) is 12.5 Å². The lowest BCUT2D eigenvalue weighted by molar-refractivity contribution is -0.385. The maximum Gasteiger partial charge on any atom is 0.272 e. The van der Waals surface area contributed by atoms with Crippen LogP contribution in [0.3, 0.4) is 0 Å². The molecule has 0 aliphatic heterocycles. The lowest BCUT2D eigenvalue weighted by Crippen LogP contribution is -2.15. The van der Waals surface area contributed by atoms with E-state index in [4.69, 9.17) is 8.37 Å². The molecule has 0 aliphatic carbocycles. The third-order valence-corrected chi connectivity index (χ3v) is 6.04. The van der Waals surface area contributed by atoms with Crippen LogP contribution in [0, 0.1) is 34.1 Å². The monoisotopic (exact) mass is 576 g/mol. The molecule has 0 bridgehead atoms. The molecule has 2 aromatic carbocycles. The smallest absolute Gasteiger partial charge is 0.262 e. The highest BCUT2D eigenvalue weighted by molar-refractivity contribution is 7.86. The molecule has 214 valence electrons. The van der Waals surface area contributed by atoms with E-state index in [1.807, 2.05) is 27.7 Å². The molecule has 2 rings (SSSR count). The molecule has 2 atom stereocenters. The number of benzene rings is 2. The zero-order valence-corrected chi connectivity index (χ0v) is 24.5. The molecular weight excluding hydrogens is 540 g/mol. The van der Waals surface area contributed by atoms with Crippen LogP contribution in [-0.2, 0) is 28.6 Å². The summed E-state index contributed by atoms with van der Waals surface area (Å²) in [5, 5.41) is 22.6. The first-order valence-corrected chi connectivity index (χ1v) is 15.5. The van der Waals surface area contributed by atoms with Crippen molar-refractivity contribution in [2.24, 2.45) is 0 Å².